The second-order valence-corrected chi connectivity index (χ2v) is 13.3. The lowest BCUT2D eigenvalue weighted by atomic mass is 10.0. The molecular weight excluding hydrogens is 679 g/mol. The molecule has 5 atom stereocenters. The number of likely N-dealkylation sites (tertiary alicyclic amines) is 2. The van der Waals surface area contributed by atoms with Crippen molar-refractivity contribution in [1.82, 2.24) is 25.4 Å². The standard InChI is InChI=1S/C38H42F3N5O6/c39-27-17-31(37(49)42-19-24-7-3-1-4-8-24)45(20-27)33(47)22-51-15-16-52-23-34(48)46-21-28(40)18-32(46)38(50)44-35(26-9-5-2-6-10-26)30-14-13-29(25-11-12-25)36(41)43-30/h1-10,13-14,25,27-28,31-32,35H,11-12,15-23H2,(H,42,49)(H,44,50)/t27-,28-,31+,32+,35+/m1/s1. The van der Waals surface area contributed by atoms with E-state index in [4.69, 9.17) is 9.47 Å². The highest BCUT2D eigenvalue weighted by Crippen LogP contribution is 2.41. The van der Waals surface area contributed by atoms with E-state index in [0.717, 1.165) is 23.3 Å². The minimum Gasteiger partial charge on any atom is -0.369 e. The van der Waals surface area contributed by atoms with Gasteiger partial charge in [0.15, 0.2) is 0 Å². The second-order valence-electron chi connectivity index (χ2n) is 13.3. The Labute approximate surface area is 299 Å². The van der Waals surface area contributed by atoms with E-state index in [9.17, 15) is 32.3 Å². The fourth-order valence-corrected chi connectivity index (χ4v) is 6.65. The third kappa shape index (κ3) is 9.34. The van der Waals surface area contributed by atoms with E-state index in [0.29, 0.717) is 11.1 Å². The zero-order valence-electron chi connectivity index (χ0n) is 28.6. The number of aromatic nitrogens is 1. The highest BCUT2D eigenvalue weighted by atomic mass is 19.1. The number of benzene rings is 2. The maximum absolute atomic E-state index is 14.9. The van der Waals surface area contributed by atoms with Crippen molar-refractivity contribution < 1.29 is 41.8 Å². The van der Waals surface area contributed by atoms with Gasteiger partial charge in [-0.15, -0.1) is 0 Å². The summed E-state index contributed by atoms with van der Waals surface area (Å²) in [7, 11) is 0. The molecule has 4 amide bonds. The molecule has 14 heteroatoms. The molecule has 11 nitrogen and oxygen atoms in total. The summed E-state index contributed by atoms with van der Waals surface area (Å²) in [5.74, 6) is -2.66. The Kier molecular flexibility index (Phi) is 12.2. The number of hydrogen-bond acceptors (Lipinski definition) is 7. The van der Waals surface area contributed by atoms with Crippen LogP contribution in [0.2, 0.25) is 0 Å². The summed E-state index contributed by atoms with van der Waals surface area (Å²) in [6, 6.07) is 18.6. The molecule has 3 aromatic rings. The van der Waals surface area contributed by atoms with Crippen LogP contribution in [0.5, 0.6) is 0 Å². The number of ether oxygens (including phenoxy) is 2. The predicted molar refractivity (Wildman–Crippen MR) is 183 cm³/mol. The summed E-state index contributed by atoms with van der Waals surface area (Å²) in [4.78, 5) is 58.7. The number of nitrogens with zero attached hydrogens (tertiary/aromatic N) is 3. The van der Waals surface area contributed by atoms with E-state index in [2.05, 4.69) is 15.6 Å². The first-order valence-electron chi connectivity index (χ1n) is 17.5. The maximum Gasteiger partial charge on any atom is 0.249 e. The number of amides is 4. The zero-order valence-corrected chi connectivity index (χ0v) is 28.6. The first-order chi connectivity index (χ1) is 25.2. The Bertz CT molecular complexity index is 1720. The lowest BCUT2D eigenvalue weighted by Crippen LogP contribution is -2.48. The van der Waals surface area contributed by atoms with Crippen LogP contribution in [0.15, 0.2) is 72.8 Å². The van der Waals surface area contributed by atoms with Crippen LogP contribution in [-0.4, -0.2) is 102 Å². The van der Waals surface area contributed by atoms with Crippen molar-refractivity contribution in [2.75, 3.05) is 39.5 Å². The third-order valence-electron chi connectivity index (χ3n) is 9.51. The Morgan fingerprint density at radius 1 is 0.769 bits per heavy atom. The van der Waals surface area contributed by atoms with Crippen molar-refractivity contribution in [2.45, 2.75) is 68.6 Å². The van der Waals surface area contributed by atoms with Gasteiger partial charge in [0, 0.05) is 24.9 Å². The Morgan fingerprint density at radius 3 is 1.88 bits per heavy atom. The van der Waals surface area contributed by atoms with Gasteiger partial charge in [0.25, 0.3) is 0 Å². The number of nitrogens with one attached hydrogen (secondary N) is 2. The molecule has 1 aromatic heterocycles. The van der Waals surface area contributed by atoms with Crippen LogP contribution >= 0.6 is 0 Å². The molecule has 0 radical (unpaired) electrons. The summed E-state index contributed by atoms with van der Waals surface area (Å²) < 4.78 is 54.6. The number of rotatable bonds is 15. The van der Waals surface area contributed by atoms with E-state index < -0.39 is 73.3 Å². The van der Waals surface area contributed by atoms with Gasteiger partial charge in [0.1, 0.15) is 37.6 Å². The van der Waals surface area contributed by atoms with Crippen LogP contribution in [-0.2, 0) is 35.2 Å². The minimum atomic E-state index is -1.43. The quantitative estimate of drug-likeness (QED) is 0.182. The van der Waals surface area contributed by atoms with Gasteiger partial charge < -0.3 is 29.9 Å². The van der Waals surface area contributed by atoms with Gasteiger partial charge >= 0.3 is 0 Å². The molecule has 2 aliphatic heterocycles. The topological polar surface area (TPSA) is 130 Å². The lowest BCUT2D eigenvalue weighted by molar-refractivity contribution is -0.144. The van der Waals surface area contributed by atoms with Gasteiger partial charge in [-0.25, -0.2) is 13.8 Å². The monoisotopic (exact) mass is 721 g/mol. The zero-order chi connectivity index (χ0) is 36.6. The van der Waals surface area contributed by atoms with Gasteiger partial charge in [-0.05, 0) is 36.0 Å². The Balaban J connectivity index is 0.964. The lowest BCUT2D eigenvalue weighted by Gasteiger charge is -2.26. The van der Waals surface area contributed by atoms with Crippen LogP contribution in [0, 0.1) is 5.95 Å². The van der Waals surface area contributed by atoms with Gasteiger partial charge in [0.2, 0.25) is 29.6 Å². The van der Waals surface area contributed by atoms with Crippen molar-refractivity contribution in [3.05, 3.63) is 101 Å². The molecule has 3 aliphatic rings. The predicted octanol–water partition coefficient (Wildman–Crippen LogP) is 3.53. The van der Waals surface area contributed by atoms with Crippen molar-refractivity contribution >= 4 is 23.6 Å². The van der Waals surface area contributed by atoms with Gasteiger partial charge in [0.05, 0.1) is 38.0 Å². The van der Waals surface area contributed by atoms with E-state index in [1.54, 1.807) is 42.5 Å². The molecule has 0 bridgehead atoms. The highest BCUT2D eigenvalue weighted by molar-refractivity contribution is 5.90. The van der Waals surface area contributed by atoms with Gasteiger partial charge in [-0.1, -0.05) is 66.7 Å². The molecular formula is C38H42F3N5O6. The van der Waals surface area contributed by atoms with Crippen LogP contribution in [0.3, 0.4) is 0 Å². The Morgan fingerprint density at radius 2 is 1.33 bits per heavy atom. The molecule has 3 heterocycles. The summed E-state index contributed by atoms with van der Waals surface area (Å²) in [5, 5.41) is 5.61. The number of hydrogen-bond donors (Lipinski definition) is 2. The van der Waals surface area contributed by atoms with Crippen molar-refractivity contribution in [3.63, 3.8) is 0 Å². The molecule has 2 saturated heterocycles. The number of carbonyl (C=O) groups is 4. The Hall–Kier alpha value is -4.82. The average Bonchev–Trinajstić information content (AvgIpc) is 3.80. The van der Waals surface area contributed by atoms with Crippen LogP contribution < -0.4 is 10.6 Å². The molecule has 0 spiro atoms. The number of carbonyl (C=O) groups excluding carboxylic acids is 4. The molecule has 276 valence electrons. The van der Waals surface area contributed by atoms with Gasteiger partial charge in [-0.3, -0.25) is 19.2 Å². The molecule has 52 heavy (non-hydrogen) atoms. The van der Waals surface area contributed by atoms with E-state index in [1.807, 2.05) is 30.3 Å². The normalized spacial score (nSPS) is 21.9. The fourth-order valence-electron chi connectivity index (χ4n) is 6.65. The van der Waals surface area contributed by atoms with Crippen molar-refractivity contribution in [1.29, 1.82) is 0 Å². The van der Waals surface area contributed by atoms with E-state index in [-0.39, 0.29) is 57.3 Å². The molecule has 3 fully saturated rings. The number of alkyl halides is 2. The fraction of sp³-hybridized carbons (Fsp3) is 0.447. The summed E-state index contributed by atoms with van der Waals surface area (Å²) >= 11 is 0. The first-order valence-corrected chi connectivity index (χ1v) is 17.5. The highest BCUT2D eigenvalue weighted by Gasteiger charge is 2.41. The van der Waals surface area contributed by atoms with Crippen molar-refractivity contribution in [3.8, 4) is 0 Å². The largest absolute Gasteiger partial charge is 0.369 e. The summed E-state index contributed by atoms with van der Waals surface area (Å²) in [6.45, 7) is -1.34. The van der Waals surface area contributed by atoms with E-state index in [1.165, 1.54) is 4.90 Å². The van der Waals surface area contributed by atoms with E-state index >= 15 is 0 Å². The second kappa shape index (κ2) is 17.1. The number of pyridine rings is 1. The first kappa shape index (κ1) is 37.0. The number of halogens is 3. The molecule has 1 saturated carbocycles. The van der Waals surface area contributed by atoms with Crippen molar-refractivity contribution in [2.24, 2.45) is 0 Å². The molecule has 2 N–H and O–H groups in total. The summed E-state index contributed by atoms with van der Waals surface area (Å²) in [5.41, 5.74) is 2.34. The smallest absolute Gasteiger partial charge is 0.249 e. The van der Waals surface area contributed by atoms with Gasteiger partial charge in [-0.2, -0.15) is 4.39 Å². The molecule has 0 unspecified atom stereocenters. The minimum absolute atomic E-state index is 0.0890. The summed E-state index contributed by atoms with van der Waals surface area (Å²) in [6.07, 6.45) is -1.29. The molecule has 1 aliphatic carbocycles. The maximum atomic E-state index is 14.9. The molecule has 6 rings (SSSR count). The van der Waals surface area contributed by atoms with Crippen LogP contribution in [0.4, 0.5) is 13.2 Å². The SMILES string of the molecule is O=C(NCc1ccccc1)[C@@H]1C[C@@H](F)CN1C(=O)COCCOCC(=O)N1C[C@H](F)C[C@H]1C(=O)N[C@@H](c1ccccc1)c1ccc(C2CC2)c(F)n1. The van der Waals surface area contributed by atoms with Crippen LogP contribution in [0.1, 0.15) is 60.0 Å². The molecule has 2 aromatic carbocycles. The average molecular weight is 722 g/mol. The van der Waals surface area contributed by atoms with Crippen LogP contribution in [0.25, 0.3) is 0 Å². The third-order valence-corrected chi connectivity index (χ3v) is 9.51.